The summed E-state index contributed by atoms with van der Waals surface area (Å²) in [5, 5.41) is 1.20. The zero-order valence-electron chi connectivity index (χ0n) is 15.9. The van der Waals surface area contributed by atoms with Crippen molar-refractivity contribution in [2.75, 3.05) is 4.90 Å². The van der Waals surface area contributed by atoms with Crippen molar-refractivity contribution in [1.29, 1.82) is 0 Å². The molecule has 0 radical (unpaired) electrons. The van der Waals surface area contributed by atoms with Crippen LogP contribution in [0, 0.1) is 0 Å². The fourth-order valence-electron chi connectivity index (χ4n) is 3.77. The molecule has 25 heavy (non-hydrogen) atoms. The van der Waals surface area contributed by atoms with Gasteiger partial charge in [-0.1, -0.05) is 56.3 Å². The number of hydrogen-bond acceptors (Lipinski definition) is 2. The van der Waals surface area contributed by atoms with Gasteiger partial charge in [-0.05, 0) is 44.5 Å². The first-order valence-electron chi connectivity index (χ1n) is 9.10. The number of anilines is 1. The molecule has 3 aromatic rings. The summed E-state index contributed by atoms with van der Waals surface area (Å²) < 4.78 is 0. The third-order valence-electron chi connectivity index (χ3n) is 5.41. The molecular weight excluding hydrogens is 304 g/mol. The van der Waals surface area contributed by atoms with E-state index in [1.165, 1.54) is 16.6 Å². The van der Waals surface area contributed by atoms with E-state index in [-0.39, 0.29) is 5.41 Å². The lowest BCUT2D eigenvalue weighted by Gasteiger charge is -2.34. The number of benzene rings is 2. The lowest BCUT2D eigenvalue weighted by molar-refractivity contribution is 0.425. The maximum Gasteiger partial charge on any atom is 0.0701 e. The van der Waals surface area contributed by atoms with E-state index in [9.17, 15) is 0 Å². The first kappa shape index (κ1) is 17.5. The summed E-state index contributed by atoms with van der Waals surface area (Å²) in [5.41, 5.74) is 4.24. The van der Waals surface area contributed by atoms with Crippen molar-refractivity contribution in [2.24, 2.45) is 0 Å². The molecule has 1 aliphatic heterocycles. The molecule has 0 bridgehead atoms. The lowest BCUT2D eigenvalue weighted by atomic mass is 9.81. The molecule has 0 saturated heterocycles. The molecule has 2 nitrogen and oxygen atoms in total. The Hall–Kier alpha value is -2.35. The van der Waals surface area contributed by atoms with Crippen molar-refractivity contribution in [2.45, 2.75) is 52.1 Å². The van der Waals surface area contributed by atoms with Crippen LogP contribution in [0.2, 0.25) is 0 Å². The number of pyridine rings is 1. The summed E-state index contributed by atoms with van der Waals surface area (Å²) in [6.45, 7) is 11.6. The molecule has 2 heteroatoms. The molecule has 0 aliphatic carbocycles. The zero-order valence-corrected chi connectivity index (χ0v) is 15.9. The van der Waals surface area contributed by atoms with Gasteiger partial charge in [0.2, 0.25) is 0 Å². The molecule has 0 fully saturated rings. The van der Waals surface area contributed by atoms with E-state index in [1.54, 1.807) is 0 Å². The van der Waals surface area contributed by atoms with Crippen molar-refractivity contribution < 1.29 is 0 Å². The number of hydrogen-bond donors (Lipinski definition) is 0. The third kappa shape index (κ3) is 3.26. The fourth-order valence-corrected chi connectivity index (χ4v) is 3.77. The van der Waals surface area contributed by atoms with Crippen LogP contribution in [0.1, 0.15) is 40.2 Å². The minimum absolute atomic E-state index is 0.265. The van der Waals surface area contributed by atoms with E-state index in [0.717, 1.165) is 5.52 Å². The third-order valence-corrected chi connectivity index (χ3v) is 5.41. The Morgan fingerprint density at radius 1 is 0.920 bits per heavy atom. The zero-order chi connectivity index (χ0) is 18.0. The molecule has 0 N–H and O–H groups in total. The van der Waals surface area contributed by atoms with Gasteiger partial charge in [0.15, 0.2) is 0 Å². The Morgan fingerprint density at radius 2 is 1.56 bits per heavy atom. The summed E-state index contributed by atoms with van der Waals surface area (Å²) in [6, 6.07) is 22.0. The van der Waals surface area contributed by atoms with Crippen molar-refractivity contribution >= 4 is 16.6 Å². The second-order valence-corrected chi connectivity index (χ2v) is 7.61. The van der Waals surface area contributed by atoms with Crippen LogP contribution in [0.4, 0.5) is 5.69 Å². The number of aromatic nitrogens is 1. The molecule has 2 heterocycles. The standard InChI is InChI=1S/C14H21N.C9H7N/c1-10(2)15-11(3)14(4,5)12-8-6-7-9-13(12)15;1-2-6-9-8(4-1)5-3-7-10-9/h6-11H,1-5H3;1-7H. The van der Waals surface area contributed by atoms with E-state index in [2.05, 4.69) is 80.9 Å². The molecule has 1 atom stereocenters. The summed E-state index contributed by atoms with van der Waals surface area (Å²) in [4.78, 5) is 6.72. The van der Waals surface area contributed by atoms with Gasteiger partial charge in [0.05, 0.1) is 5.52 Å². The van der Waals surface area contributed by atoms with Crippen molar-refractivity contribution in [3.8, 4) is 0 Å². The molecule has 130 valence electrons. The van der Waals surface area contributed by atoms with Crippen LogP contribution in [0.15, 0.2) is 66.9 Å². The first-order chi connectivity index (χ1) is 11.9. The van der Waals surface area contributed by atoms with Gasteiger partial charge in [0, 0.05) is 34.8 Å². The number of rotatable bonds is 1. The lowest BCUT2D eigenvalue weighted by Crippen LogP contribution is -2.42. The Labute approximate surface area is 151 Å². The number of nitrogens with zero attached hydrogens (tertiary/aromatic N) is 2. The molecule has 4 rings (SSSR count). The van der Waals surface area contributed by atoms with E-state index in [1.807, 2.05) is 30.5 Å². The van der Waals surface area contributed by atoms with Crippen LogP contribution in [0.3, 0.4) is 0 Å². The van der Waals surface area contributed by atoms with Gasteiger partial charge in [-0.2, -0.15) is 0 Å². The topological polar surface area (TPSA) is 16.1 Å². The van der Waals surface area contributed by atoms with Crippen molar-refractivity contribution in [3.05, 3.63) is 72.4 Å². The van der Waals surface area contributed by atoms with E-state index >= 15 is 0 Å². The largest absolute Gasteiger partial charge is 0.365 e. The van der Waals surface area contributed by atoms with E-state index in [0.29, 0.717) is 12.1 Å². The second-order valence-electron chi connectivity index (χ2n) is 7.61. The van der Waals surface area contributed by atoms with Crippen LogP contribution in [0.5, 0.6) is 0 Å². The highest BCUT2D eigenvalue weighted by molar-refractivity contribution is 5.77. The minimum Gasteiger partial charge on any atom is -0.365 e. The van der Waals surface area contributed by atoms with Crippen LogP contribution in [0.25, 0.3) is 10.9 Å². The molecule has 0 spiro atoms. The maximum absolute atomic E-state index is 4.18. The Morgan fingerprint density at radius 3 is 2.28 bits per heavy atom. The molecule has 0 saturated carbocycles. The molecule has 1 unspecified atom stereocenters. The van der Waals surface area contributed by atoms with Gasteiger partial charge >= 0.3 is 0 Å². The SMILES string of the molecule is CC(C)N1c2ccccc2C(C)(C)C1C.c1ccc2ncccc2c1. The molecule has 1 aliphatic rings. The Kier molecular flexibility index (Phi) is 4.80. The van der Waals surface area contributed by atoms with Crippen LogP contribution in [-0.4, -0.2) is 17.1 Å². The molecule has 0 amide bonds. The van der Waals surface area contributed by atoms with Crippen LogP contribution < -0.4 is 4.90 Å². The summed E-state index contributed by atoms with van der Waals surface area (Å²) in [6.07, 6.45) is 1.81. The highest BCUT2D eigenvalue weighted by Crippen LogP contribution is 2.45. The molecule has 1 aromatic heterocycles. The average Bonchev–Trinajstić information content (AvgIpc) is 2.82. The summed E-state index contributed by atoms with van der Waals surface area (Å²) >= 11 is 0. The van der Waals surface area contributed by atoms with Gasteiger partial charge in [-0.15, -0.1) is 0 Å². The average molecular weight is 332 g/mol. The van der Waals surface area contributed by atoms with Crippen LogP contribution >= 0.6 is 0 Å². The van der Waals surface area contributed by atoms with Gasteiger partial charge in [0.25, 0.3) is 0 Å². The number of fused-ring (bicyclic) bond motifs is 2. The highest BCUT2D eigenvalue weighted by Gasteiger charge is 2.42. The first-order valence-corrected chi connectivity index (χ1v) is 9.10. The Bertz CT molecular complexity index is 786. The van der Waals surface area contributed by atoms with Crippen molar-refractivity contribution in [1.82, 2.24) is 4.98 Å². The highest BCUT2D eigenvalue weighted by atomic mass is 15.2. The summed E-state index contributed by atoms with van der Waals surface area (Å²) in [7, 11) is 0. The number of para-hydroxylation sites is 2. The minimum atomic E-state index is 0.265. The monoisotopic (exact) mass is 332 g/mol. The van der Waals surface area contributed by atoms with Crippen LogP contribution in [-0.2, 0) is 5.41 Å². The van der Waals surface area contributed by atoms with E-state index in [4.69, 9.17) is 0 Å². The summed E-state index contributed by atoms with van der Waals surface area (Å²) in [5.74, 6) is 0. The van der Waals surface area contributed by atoms with Gasteiger partial charge in [0.1, 0.15) is 0 Å². The second kappa shape index (κ2) is 6.87. The predicted octanol–water partition coefficient (Wildman–Crippen LogP) is 5.82. The molecular formula is C23H28N2. The fraction of sp³-hybridized carbons (Fsp3) is 0.348. The Balaban J connectivity index is 0.000000157. The maximum atomic E-state index is 4.18. The molecule has 2 aromatic carbocycles. The predicted molar refractivity (Wildman–Crippen MR) is 108 cm³/mol. The van der Waals surface area contributed by atoms with Gasteiger partial charge in [-0.3, -0.25) is 4.98 Å². The quantitative estimate of drug-likeness (QED) is 0.558. The van der Waals surface area contributed by atoms with Crippen molar-refractivity contribution in [3.63, 3.8) is 0 Å². The van der Waals surface area contributed by atoms with Gasteiger partial charge < -0.3 is 4.90 Å². The van der Waals surface area contributed by atoms with Gasteiger partial charge in [-0.25, -0.2) is 0 Å². The normalized spacial score (nSPS) is 18.0. The van der Waals surface area contributed by atoms with E-state index < -0.39 is 0 Å². The smallest absolute Gasteiger partial charge is 0.0701 e.